The van der Waals surface area contributed by atoms with E-state index in [0.717, 1.165) is 32.6 Å². The van der Waals surface area contributed by atoms with Crippen LogP contribution >= 0.6 is 22.9 Å². The number of nitrogens with zero attached hydrogens (tertiary/aromatic N) is 2. The SMILES string of the molecule is CCOc1ccc(-c2nc(NN=Cc3ccc(Cl)cc3)sc2C)cc1. The average molecular weight is 372 g/mol. The van der Waals surface area contributed by atoms with E-state index < -0.39 is 0 Å². The molecule has 0 radical (unpaired) electrons. The molecule has 0 amide bonds. The van der Waals surface area contributed by atoms with Gasteiger partial charge in [0.1, 0.15) is 5.75 Å². The molecule has 0 atom stereocenters. The van der Waals surface area contributed by atoms with Crippen molar-refractivity contribution < 1.29 is 4.74 Å². The van der Waals surface area contributed by atoms with E-state index in [4.69, 9.17) is 16.3 Å². The number of ether oxygens (including phenoxy) is 1. The number of aromatic nitrogens is 1. The summed E-state index contributed by atoms with van der Waals surface area (Å²) in [7, 11) is 0. The van der Waals surface area contributed by atoms with Gasteiger partial charge >= 0.3 is 0 Å². The van der Waals surface area contributed by atoms with Crippen LogP contribution in [0.1, 0.15) is 17.4 Å². The fourth-order valence-corrected chi connectivity index (χ4v) is 3.21. The first-order valence-electron chi connectivity index (χ1n) is 7.91. The van der Waals surface area contributed by atoms with E-state index >= 15 is 0 Å². The molecule has 0 aliphatic rings. The van der Waals surface area contributed by atoms with Crippen LogP contribution in [0.25, 0.3) is 11.3 Å². The molecule has 0 aliphatic carbocycles. The molecule has 0 aliphatic heterocycles. The highest BCUT2D eigenvalue weighted by molar-refractivity contribution is 7.15. The lowest BCUT2D eigenvalue weighted by atomic mass is 10.1. The molecule has 2 aromatic carbocycles. The third kappa shape index (κ3) is 4.59. The predicted molar refractivity (Wildman–Crippen MR) is 106 cm³/mol. The van der Waals surface area contributed by atoms with Crippen molar-refractivity contribution in [2.75, 3.05) is 12.0 Å². The van der Waals surface area contributed by atoms with Crippen molar-refractivity contribution in [2.24, 2.45) is 5.10 Å². The Bertz CT molecular complexity index is 857. The first-order valence-corrected chi connectivity index (χ1v) is 9.10. The maximum Gasteiger partial charge on any atom is 0.204 e. The topological polar surface area (TPSA) is 46.5 Å². The van der Waals surface area contributed by atoms with Crippen LogP contribution < -0.4 is 10.2 Å². The zero-order valence-electron chi connectivity index (χ0n) is 14.0. The summed E-state index contributed by atoms with van der Waals surface area (Å²) in [5.74, 6) is 0.866. The maximum atomic E-state index is 5.87. The predicted octanol–water partition coefficient (Wildman–Crippen LogP) is 5.62. The molecule has 0 saturated heterocycles. The zero-order chi connectivity index (χ0) is 17.6. The molecule has 25 heavy (non-hydrogen) atoms. The third-order valence-electron chi connectivity index (χ3n) is 3.48. The first-order chi connectivity index (χ1) is 12.2. The van der Waals surface area contributed by atoms with Crippen LogP contribution in [-0.4, -0.2) is 17.8 Å². The molecule has 3 aromatic rings. The summed E-state index contributed by atoms with van der Waals surface area (Å²) in [4.78, 5) is 5.77. The number of benzene rings is 2. The van der Waals surface area contributed by atoms with Crippen molar-refractivity contribution in [3.05, 3.63) is 64.0 Å². The molecule has 0 spiro atoms. The second-order valence-electron chi connectivity index (χ2n) is 5.30. The van der Waals surface area contributed by atoms with Crippen LogP contribution in [0.5, 0.6) is 5.75 Å². The number of aryl methyl sites for hydroxylation is 1. The number of halogens is 1. The molecule has 1 aromatic heterocycles. The number of anilines is 1. The Kier molecular flexibility index (Phi) is 5.68. The molecule has 0 saturated carbocycles. The molecule has 1 N–H and O–H groups in total. The first kappa shape index (κ1) is 17.5. The largest absolute Gasteiger partial charge is 0.494 e. The summed E-state index contributed by atoms with van der Waals surface area (Å²) < 4.78 is 5.48. The van der Waals surface area contributed by atoms with Gasteiger partial charge in [0, 0.05) is 15.5 Å². The molecule has 128 valence electrons. The monoisotopic (exact) mass is 371 g/mol. The van der Waals surface area contributed by atoms with Gasteiger partial charge < -0.3 is 4.74 Å². The van der Waals surface area contributed by atoms with E-state index in [9.17, 15) is 0 Å². The molecule has 0 unspecified atom stereocenters. The summed E-state index contributed by atoms with van der Waals surface area (Å²) in [5, 5.41) is 5.70. The number of hydrogen-bond acceptors (Lipinski definition) is 5. The minimum atomic E-state index is 0.661. The van der Waals surface area contributed by atoms with Gasteiger partial charge in [-0.05, 0) is 55.8 Å². The normalized spacial score (nSPS) is 11.0. The Morgan fingerprint density at radius 2 is 1.88 bits per heavy atom. The molecule has 6 heteroatoms. The highest BCUT2D eigenvalue weighted by Crippen LogP contribution is 2.31. The van der Waals surface area contributed by atoms with Gasteiger partial charge in [0.05, 0.1) is 18.5 Å². The summed E-state index contributed by atoms with van der Waals surface area (Å²) >= 11 is 7.44. The van der Waals surface area contributed by atoms with E-state index in [1.807, 2.05) is 55.5 Å². The van der Waals surface area contributed by atoms with Gasteiger partial charge in [-0.3, -0.25) is 5.43 Å². The Hall–Kier alpha value is -2.37. The summed E-state index contributed by atoms with van der Waals surface area (Å²) in [6.07, 6.45) is 1.74. The Balaban J connectivity index is 1.70. The van der Waals surface area contributed by atoms with Crippen molar-refractivity contribution in [1.82, 2.24) is 4.98 Å². The average Bonchev–Trinajstić information content (AvgIpc) is 2.98. The fraction of sp³-hybridized carbons (Fsp3) is 0.158. The summed E-state index contributed by atoms with van der Waals surface area (Å²) in [6.45, 7) is 4.69. The number of hydrazone groups is 1. The highest BCUT2D eigenvalue weighted by Gasteiger charge is 2.09. The molecular formula is C19H18ClN3OS. The van der Waals surface area contributed by atoms with Crippen LogP contribution in [0.4, 0.5) is 5.13 Å². The van der Waals surface area contributed by atoms with Crippen LogP contribution in [0.3, 0.4) is 0 Å². The lowest BCUT2D eigenvalue weighted by molar-refractivity contribution is 0.340. The van der Waals surface area contributed by atoms with E-state index in [2.05, 4.69) is 22.4 Å². The third-order valence-corrected chi connectivity index (χ3v) is 4.61. The van der Waals surface area contributed by atoms with E-state index in [1.165, 1.54) is 0 Å². The summed E-state index contributed by atoms with van der Waals surface area (Å²) in [5.41, 5.74) is 5.98. The van der Waals surface area contributed by atoms with Crippen LogP contribution in [-0.2, 0) is 0 Å². The fourth-order valence-electron chi connectivity index (χ4n) is 2.30. The van der Waals surface area contributed by atoms with Crippen molar-refractivity contribution in [2.45, 2.75) is 13.8 Å². The van der Waals surface area contributed by atoms with Crippen molar-refractivity contribution >= 4 is 34.3 Å². The second kappa shape index (κ2) is 8.14. The van der Waals surface area contributed by atoms with Crippen LogP contribution in [0.15, 0.2) is 53.6 Å². The van der Waals surface area contributed by atoms with Gasteiger partial charge in [-0.15, -0.1) is 11.3 Å². The van der Waals surface area contributed by atoms with E-state index in [0.29, 0.717) is 11.6 Å². The lowest BCUT2D eigenvalue weighted by Gasteiger charge is -2.03. The quantitative estimate of drug-likeness (QED) is 0.452. The molecular weight excluding hydrogens is 354 g/mol. The minimum Gasteiger partial charge on any atom is -0.494 e. The second-order valence-corrected chi connectivity index (χ2v) is 6.94. The number of nitrogens with one attached hydrogen (secondary N) is 1. The Labute approximate surface area is 156 Å². The van der Waals surface area contributed by atoms with E-state index in [-0.39, 0.29) is 0 Å². The van der Waals surface area contributed by atoms with Crippen molar-refractivity contribution in [3.8, 4) is 17.0 Å². The minimum absolute atomic E-state index is 0.661. The van der Waals surface area contributed by atoms with Crippen LogP contribution in [0.2, 0.25) is 5.02 Å². The smallest absolute Gasteiger partial charge is 0.204 e. The maximum absolute atomic E-state index is 5.87. The van der Waals surface area contributed by atoms with Gasteiger partial charge in [0.2, 0.25) is 5.13 Å². The van der Waals surface area contributed by atoms with Gasteiger partial charge in [-0.25, -0.2) is 4.98 Å². The summed E-state index contributed by atoms with van der Waals surface area (Å²) in [6, 6.07) is 15.5. The highest BCUT2D eigenvalue weighted by atomic mass is 35.5. The molecule has 0 bridgehead atoms. The van der Waals surface area contributed by atoms with Gasteiger partial charge in [0.25, 0.3) is 0 Å². The van der Waals surface area contributed by atoms with Crippen molar-refractivity contribution in [1.29, 1.82) is 0 Å². The zero-order valence-corrected chi connectivity index (χ0v) is 15.6. The molecule has 4 nitrogen and oxygen atoms in total. The number of rotatable bonds is 6. The molecule has 0 fully saturated rings. The molecule has 3 rings (SSSR count). The van der Waals surface area contributed by atoms with Gasteiger partial charge in [-0.1, -0.05) is 23.7 Å². The van der Waals surface area contributed by atoms with Gasteiger partial charge in [-0.2, -0.15) is 5.10 Å². The van der Waals surface area contributed by atoms with Crippen molar-refractivity contribution in [3.63, 3.8) is 0 Å². The number of hydrogen-bond donors (Lipinski definition) is 1. The Morgan fingerprint density at radius 1 is 1.16 bits per heavy atom. The lowest BCUT2D eigenvalue weighted by Crippen LogP contribution is -1.91. The standard InChI is InChI=1S/C19H18ClN3OS/c1-3-24-17-10-6-15(7-11-17)18-13(2)25-19(22-18)23-21-12-14-4-8-16(20)9-5-14/h4-12H,3H2,1-2H3,(H,22,23). The molecule has 1 heterocycles. The van der Waals surface area contributed by atoms with E-state index in [1.54, 1.807) is 17.6 Å². The van der Waals surface area contributed by atoms with Crippen LogP contribution in [0, 0.1) is 6.92 Å². The van der Waals surface area contributed by atoms with Gasteiger partial charge in [0.15, 0.2) is 0 Å². The Morgan fingerprint density at radius 3 is 2.56 bits per heavy atom. The number of thiazole rings is 1.